The zero-order valence-corrected chi connectivity index (χ0v) is 39.2. The van der Waals surface area contributed by atoms with Gasteiger partial charge in [0, 0.05) is 49.9 Å². The third-order valence-electron chi connectivity index (χ3n) is 15.5. The Morgan fingerprint density at radius 1 is 0.441 bits per heavy atom. The fourth-order valence-corrected chi connectivity index (χ4v) is 12.0. The molecule has 0 spiro atoms. The highest BCUT2D eigenvalue weighted by molar-refractivity contribution is 6.07. The van der Waals surface area contributed by atoms with Crippen LogP contribution in [0.15, 0.2) is 194 Å². The molecule has 0 saturated heterocycles. The number of allylic oxidation sites excluding steroid dienone is 1. The van der Waals surface area contributed by atoms with Crippen LogP contribution in [0.3, 0.4) is 0 Å². The Labute approximate surface area is 399 Å². The van der Waals surface area contributed by atoms with Crippen molar-refractivity contribution in [2.24, 2.45) is 5.92 Å². The van der Waals surface area contributed by atoms with Crippen molar-refractivity contribution >= 4 is 22.6 Å². The third-order valence-corrected chi connectivity index (χ3v) is 15.5. The molecule has 1 atom stereocenters. The van der Waals surface area contributed by atoms with E-state index in [1.165, 1.54) is 89.1 Å². The highest BCUT2D eigenvalue weighted by Crippen LogP contribution is 2.52. The summed E-state index contributed by atoms with van der Waals surface area (Å²) >= 11 is 0. The second kappa shape index (κ2) is 15.1. The molecule has 3 heteroatoms. The zero-order chi connectivity index (χ0) is 45.9. The van der Waals surface area contributed by atoms with Crippen LogP contribution < -0.4 is 0 Å². The van der Waals surface area contributed by atoms with Crippen LogP contribution in [-0.4, -0.2) is 14.5 Å². The van der Waals surface area contributed by atoms with Gasteiger partial charge in [-0.2, -0.15) is 0 Å². The predicted molar refractivity (Wildman–Crippen MR) is 283 cm³/mol. The van der Waals surface area contributed by atoms with Crippen LogP contribution in [0.2, 0.25) is 0 Å². The largest absolute Gasteiger partial charge is 0.313 e. The highest BCUT2D eigenvalue weighted by Gasteiger charge is 2.37. The molecule has 3 aliphatic rings. The summed E-state index contributed by atoms with van der Waals surface area (Å²) in [4.78, 5) is 11.0. The summed E-state index contributed by atoms with van der Waals surface area (Å²) in [6.07, 6.45) is 3.42. The number of hydrogen-bond donors (Lipinski definition) is 0. The lowest BCUT2D eigenvalue weighted by molar-refractivity contribution is 0.660. The molecule has 2 heterocycles. The average Bonchev–Trinajstić information content (AvgIpc) is 3.92. The molecule has 3 aliphatic carbocycles. The Morgan fingerprint density at radius 3 is 1.59 bits per heavy atom. The van der Waals surface area contributed by atoms with Gasteiger partial charge in [-0.15, -0.1) is 0 Å². The lowest BCUT2D eigenvalue weighted by atomic mass is 9.81. The van der Waals surface area contributed by atoms with E-state index in [1.54, 1.807) is 0 Å². The summed E-state index contributed by atoms with van der Waals surface area (Å²) in [6.45, 7) is 11.8. The second-order valence-corrected chi connectivity index (χ2v) is 20.2. The lowest BCUT2D eigenvalue weighted by Crippen LogP contribution is -2.15. The van der Waals surface area contributed by atoms with Crippen molar-refractivity contribution in [1.29, 1.82) is 0 Å². The predicted octanol–water partition coefficient (Wildman–Crippen LogP) is 16.4. The summed E-state index contributed by atoms with van der Waals surface area (Å²) in [7, 11) is 0. The molecule has 68 heavy (non-hydrogen) atoms. The normalized spacial score (nSPS) is 15.8. The molecular formula is C65H51N3. The molecule has 0 saturated carbocycles. The molecule has 10 aromatic rings. The number of para-hydroxylation sites is 1. The molecule has 3 nitrogen and oxygen atoms in total. The molecule has 1 unspecified atom stereocenters. The fraction of sp³-hybridized carbons (Fsp3) is 0.138. The van der Waals surface area contributed by atoms with Gasteiger partial charge in [-0.1, -0.05) is 186 Å². The maximum absolute atomic E-state index is 5.49. The van der Waals surface area contributed by atoms with Crippen molar-refractivity contribution in [1.82, 2.24) is 14.5 Å². The van der Waals surface area contributed by atoms with Crippen LogP contribution in [0.1, 0.15) is 73.7 Å². The molecule has 0 amide bonds. The van der Waals surface area contributed by atoms with E-state index in [4.69, 9.17) is 9.97 Å². The van der Waals surface area contributed by atoms with Crippen molar-refractivity contribution in [3.05, 3.63) is 233 Å². The highest BCUT2D eigenvalue weighted by atomic mass is 15.0. The van der Waals surface area contributed by atoms with Crippen molar-refractivity contribution < 1.29 is 0 Å². The van der Waals surface area contributed by atoms with Crippen LogP contribution in [0.25, 0.3) is 95.5 Å². The van der Waals surface area contributed by atoms with Gasteiger partial charge in [0.05, 0.1) is 16.9 Å². The van der Waals surface area contributed by atoms with E-state index in [1.807, 2.05) is 0 Å². The number of benzene rings is 8. The molecule has 0 N–H and O–H groups in total. The summed E-state index contributed by atoms with van der Waals surface area (Å²) < 4.78 is 2.50. The Hall–Kier alpha value is -7.88. The second-order valence-electron chi connectivity index (χ2n) is 20.2. The molecule has 13 rings (SSSR count). The smallest absolute Gasteiger partial charge is 0.160 e. The Kier molecular flexibility index (Phi) is 8.95. The first-order chi connectivity index (χ1) is 33.1. The quantitative estimate of drug-likeness (QED) is 0.167. The number of rotatable bonds is 6. The minimum atomic E-state index is -0.135. The fourth-order valence-electron chi connectivity index (χ4n) is 12.0. The van der Waals surface area contributed by atoms with E-state index in [9.17, 15) is 0 Å². The van der Waals surface area contributed by atoms with Crippen molar-refractivity contribution in [3.8, 4) is 73.0 Å². The van der Waals surface area contributed by atoms with Crippen LogP contribution in [0, 0.1) is 5.92 Å². The number of hydrogen-bond acceptors (Lipinski definition) is 2. The van der Waals surface area contributed by atoms with Gasteiger partial charge in [-0.05, 0) is 128 Å². The molecular weight excluding hydrogens is 823 g/mol. The van der Waals surface area contributed by atoms with Gasteiger partial charge in [0.2, 0.25) is 0 Å². The molecule has 8 aromatic carbocycles. The van der Waals surface area contributed by atoms with Crippen molar-refractivity contribution in [3.63, 3.8) is 0 Å². The Bertz CT molecular complexity index is 3590. The summed E-state index contributed by atoms with van der Waals surface area (Å²) in [6, 6.07) is 71.3. The van der Waals surface area contributed by atoms with Gasteiger partial charge in [-0.25, -0.2) is 9.97 Å². The average molecular weight is 874 g/mol. The van der Waals surface area contributed by atoms with Gasteiger partial charge in [0.15, 0.2) is 5.82 Å². The van der Waals surface area contributed by atoms with E-state index < -0.39 is 0 Å². The number of fused-ring (bicyclic) bond motifs is 9. The number of nitrogens with zero attached hydrogens (tertiary/aromatic N) is 3. The third kappa shape index (κ3) is 6.11. The van der Waals surface area contributed by atoms with Crippen LogP contribution in [0.4, 0.5) is 0 Å². The summed E-state index contributed by atoms with van der Waals surface area (Å²) in [5.41, 5.74) is 25.4. The van der Waals surface area contributed by atoms with E-state index in [0.29, 0.717) is 11.7 Å². The number of aromatic nitrogens is 3. The van der Waals surface area contributed by atoms with E-state index in [-0.39, 0.29) is 10.8 Å². The molecule has 0 radical (unpaired) electrons. The van der Waals surface area contributed by atoms with E-state index in [2.05, 4.69) is 239 Å². The maximum Gasteiger partial charge on any atom is 0.160 e. The molecule has 0 aliphatic heterocycles. The minimum Gasteiger partial charge on any atom is -0.313 e. The van der Waals surface area contributed by atoms with Crippen LogP contribution in [0.5, 0.6) is 0 Å². The zero-order valence-electron chi connectivity index (χ0n) is 39.2. The first kappa shape index (κ1) is 40.4. The van der Waals surface area contributed by atoms with E-state index >= 15 is 0 Å². The monoisotopic (exact) mass is 873 g/mol. The molecule has 326 valence electrons. The SMILES string of the molecule is CC1Cc2c(c3c(-c4cccc(-c5nc(-c6ccc7c(c6)C(C)(C)c6ccccc6-7)cc(-c6ccc7c(c6)C(C)(C)c6ccccc6-7)n5)c4)cccc3n2-c2ccccc2)C=C1c1ccccc1. The van der Waals surface area contributed by atoms with Crippen LogP contribution >= 0.6 is 0 Å². The minimum absolute atomic E-state index is 0.135. The van der Waals surface area contributed by atoms with Gasteiger partial charge in [0.25, 0.3) is 0 Å². The van der Waals surface area contributed by atoms with Crippen molar-refractivity contribution in [2.75, 3.05) is 0 Å². The van der Waals surface area contributed by atoms with Gasteiger partial charge < -0.3 is 4.57 Å². The summed E-state index contributed by atoms with van der Waals surface area (Å²) in [5.74, 6) is 1.07. The van der Waals surface area contributed by atoms with E-state index in [0.717, 1.165) is 40.1 Å². The maximum atomic E-state index is 5.49. The Balaban J connectivity index is 0.994. The molecule has 0 fully saturated rings. The molecule has 0 bridgehead atoms. The van der Waals surface area contributed by atoms with Gasteiger partial charge in [-0.3, -0.25) is 0 Å². The first-order valence-corrected chi connectivity index (χ1v) is 24.1. The van der Waals surface area contributed by atoms with Crippen molar-refractivity contribution in [2.45, 2.75) is 51.9 Å². The topological polar surface area (TPSA) is 30.7 Å². The van der Waals surface area contributed by atoms with Crippen LogP contribution in [-0.2, 0) is 17.3 Å². The Morgan fingerprint density at radius 2 is 0.956 bits per heavy atom. The van der Waals surface area contributed by atoms with Gasteiger partial charge >= 0.3 is 0 Å². The standard InChI is InChI=1S/C65H51N3/c1-40-34-61-53(38-52(40)41-18-8-6-9-19-41)62-47(26-17-29-60(62)68(61)46-22-10-7-11-23-46)42-20-16-21-45(35-42)63-66-58(43-30-32-50-48-24-12-14-27-54(48)64(2,3)56(50)36-43)39-59(67-63)44-31-33-51-49-25-13-15-28-55(49)65(4,5)57(51)37-44/h6-33,35-40H,34H2,1-5H3. The van der Waals surface area contributed by atoms with Gasteiger partial charge in [0.1, 0.15) is 0 Å². The first-order valence-electron chi connectivity index (χ1n) is 24.1. The lowest BCUT2D eigenvalue weighted by Gasteiger charge is -2.24. The summed E-state index contributed by atoms with van der Waals surface area (Å²) in [5, 5.41) is 1.27. The molecule has 2 aromatic heterocycles.